The summed E-state index contributed by atoms with van der Waals surface area (Å²) in [7, 11) is 1.25. The molecule has 2 atom stereocenters. The van der Waals surface area contributed by atoms with Gasteiger partial charge in [0.2, 0.25) is 0 Å². The summed E-state index contributed by atoms with van der Waals surface area (Å²) in [6.07, 6.45) is 3.68. The van der Waals surface area contributed by atoms with Gasteiger partial charge in [-0.1, -0.05) is 13.8 Å². The Kier molecular flexibility index (Phi) is 5.85. The third-order valence-electron chi connectivity index (χ3n) is 2.99. The Morgan fingerprint density at radius 3 is 2.82 bits per heavy atom. The topological polar surface area (TPSA) is 46.9 Å². The molecule has 0 radical (unpaired) electrons. The number of aryl methyl sites for hydroxylation is 2. The van der Waals surface area contributed by atoms with E-state index in [2.05, 4.69) is 23.4 Å². The number of hydrogen-bond donors (Lipinski definition) is 1. The van der Waals surface area contributed by atoms with Gasteiger partial charge in [0.25, 0.3) is 0 Å². The highest BCUT2D eigenvalue weighted by Gasteiger charge is 2.06. The average Bonchev–Trinajstić information content (AvgIpc) is 2.65. The smallest absolute Gasteiger partial charge is 0.0625 e. The second kappa shape index (κ2) is 6.91. The van der Waals surface area contributed by atoms with E-state index in [1.807, 2.05) is 18.7 Å². The van der Waals surface area contributed by atoms with Crippen LogP contribution >= 0.6 is 0 Å². The molecular weight excluding hydrogens is 234 g/mol. The summed E-state index contributed by atoms with van der Waals surface area (Å²) in [5.41, 5.74) is 2.33. The van der Waals surface area contributed by atoms with Gasteiger partial charge in [-0.2, -0.15) is 5.10 Å². The predicted octanol–water partition coefficient (Wildman–Crippen LogP) is 1.23. The first-order chi connectivity index (χ1) is 8.04. The summed E-state index contributed by atoms with van der Waals surface area (Å²) in [4.78, 5) is 0. The molecule has 0 saturated heterocycles. The van der Waals surface area contributed by atoms with E-state index >= 15 is 0 Å². The maximum Gasteiger partial charge on any atom is 0.0625 e. The van der Waals surface area contributed by atoms with E-state index in [4.69, 9.17) is 0 Å². The van der Waals surface area contributed by atoms with Crippen LogP contribution < -0.4 is 5.32 Å². The predicted molar refractivity (Wildman–Crippen MR) is 72.4 cm³/mol. The Balaban J connectivity index is 2.31. The minimum absolute atomic E-state index is 0.264. The van der Waals surface area contributed by atoms with E-state index in [0.29, 0.717) is 0 Å². The lowest BCUT2D eigenvalue weighted by Crippen LogP contribution is -2.21. The van der Waals surface area contributed by atoms with Crippen LogP contribution in [0.25, 0.3) is 0 Å². The number of rotatable bonds is 7. The lowest BCUT2D eigenvalue weighted by Gasteiger charge is -2.09. The van der Waals surface area contributed by atoms with Crippen LogP contribution in [-0.2, 0) is 30.8 Å². The average molecular weight is 257 g/mol. The molecule has 0 spiro atoms. The standard InChI is InChI=1S/C12H23N3OS/c1-5-11-8-12(15(3)14-11)9-13-7-6-10(2)17(4)16/h8,10,13H,5-7,9H2,1-4H3. The van der Waals surface area contributed by atoms with Crippen molar-refractivity contribution in [1.82, 2.24) is 15.1 Å². The van der Waals surface area contributed by atoms with Gasteiger partial charge in [0.1, 0.15) is 0 Å². The van der Waals surface area contributed by atoms with Crippen molar-refractivity contribution in [2.45, 2.75) is 38.5 Å². The Morgan fingerprint density at radius 2 is 2.29 bits per heavy atom. The molecule has 0 saturated carbocycles. The fourth-order valence-corrected chi connectivity index (χ4v) is 2.05. The van der Waals surface area contributed by atoms with Gasteiger partial charge >= 0.3 is 0 Å². The summed E-state index contributed by atoms with van der Waals surface area (Å²) in [6, 6.07) is 2.13. The number of aromatic nitrogens is 2. The maximum atomic E-state index is 11.2. The first kappa shape index (κ1) is 14.4. The SMILES string of the molecule is CCc1cc(CNCCC(C)S(C)=O)n(C)n1. The molecule has 1 aromatic rings. The van der Waals surface area contributed by atoms with Crippen molar-refractivity contribution in [2.75, 3.05) is 12.8 Å². The van der Waals surface area contributed by atoms with Crippen LogP contribution in [0.3, 0.4) is 0 Å². The molecule has 0 aliphatic rings. The van der Waals surface area contributed by atoms with Gasteiger partial charge in [-0.3, -0.25) is 8.89 Å². The molecule has 1 N–H and O–H groups in total. The zero-order valence-electron chi connectivity index (χ0n) is 11.2. The Bertz CT molecular complexity index is 376. The summed E-state index contributed by atoms with van der Waals surface area (Å²) in [5.74, 6) is 0. The summed E-state index contributed by atoms with van der Waals surface area (Å²) < 4.78 is 13.1. The van der Waals surface area contributed by atoms with Gasteiger partial charge in [-0.15, -0.1) is 0 Å². The molecule has 1 heterocycles. The minimum atomic E-state index is -0.718. The molecule has 5 heteroatoms. The summed E-state index contributed by atoms with van der Waals surface area (Å²) in [6.45, 7) is 5.86. The molecule has 4 nitrogen and oxygen atoms in total. The van der Waals surface area contributed by atoms with Crippen molar-refractivity contribution in [2.24, 2.45) is 7.05 Å². The molecule has 0 aromatic carbocycles. The monoisotopic (exact) mass is 257 g/mol. The van der Waals surface area contributed by atoms with E-state index < -0.39 is 10.8 Å². The second-order valence-electron chi connectivity index (χ2n) is 4.38. The zero-order valence-corrected chi connectivity index (χ0v) is 12.0. The van der Waals surface area contributed by atoms with Crippen molar-refractivity contribution >= 4 is 10.8 Å². The molecule has 1 rings (SSSR count). The third kappa shape index (κ3) is 4.60. The van der Waals surface area contributed by atoms with Crippen molar-refractivity contribution in [3.05, 3.63) is 17.5 Å². The lowest BCUT2D eigenvalue weighted by molar-refractivity contribution is 0.598. The highest BCUT2D eigenvalue weighted by atomic mass is 32.2. The molecule has 0 aliphatic heterocycles. The zero-order chi connectivity index (χ0) is 12.8. The molecule has 0 fully saturated rings. The maximum absolute atomic E-state index is 11.2. The van der Waals surface area contributed by atoms with Gasteiger partial charge < -0.3 is 5.32 Å². The fraction of sp³-hybridized carbons (Fsp3) is 0.750. The number of nitrogens with zero attached hydrogens (tertiary/aromatic N) is 2. The Labute approximate surface area is 106 Å². The summed E-state index contributed by atoms with van der Waals surface area (Å²) >= 11 is 0. The lowest BCUT2D eigenvalue weighted by atomic mass is 10.3. The van der Waals surface area contributed by atoms with Gasteiger partial charge in [0.05, 0.1) is 11.4 Å². The third-order valence-corrected chi connectivity index (χ3v) is 4.36. The van der Waals surface area contributed by atoms with E-state index in [1.165, 1.54) is 5.69 Å². The Morgan fingerprint density at radius 1 is 1.59 bits per heavy atom. The van der Waals surface area contributed by atoms with Crippen LogP contribution in [0.4, 0.5) is 0 Å². The highest BCUT2D eigenvalue weighted by Crippen LogP contribution is 2.04. The molecule has 1 aromatic heterocycles. The molecular formula is C12H23N3OS. The van der Waals surface area contributed by atoms with Gasteiger partial charge in [0.15, 0.2) is 0 Å². The molecule has 0 bridgehead atoms. The first-order valence-corrected chi connectivity index (χ1v) is 7.71. The van der Waals surface area contributed by atoms with Crippen LogP contribution in [0.2, 0.25) is 0 Å². The van der Waals surface area contributed by atoms with E-state index in [0.717, 1.165) is 31.6 Å². The summed E-state index contributed by atoms with van der Waals surface area (Å²) in [5, 5.41) is 8.03. The van der Waals surface area contributed by atoms with Gasteiger partial charge in [0, 0.05) is 35.9 Å². The Hall–Kier alpha value is -0.680. The van der Waals surface area contributed by atoms with Crippen LogP contribution in [0.15, 0.2) is 6.07 Å². The van der Waals surface area contributed by atoms with E-state index in [9.17, 15) is 4.21 Å². The van der Waals surface area contributed by atoms with Crippen LogP contribution in [0.5, 0.6) is 0 Å². The van der Waals surface area contributed by atoms with Gasteiger partial charge in [-0.05, 0) is 25.5 Å². The van der Waals surface area contributed by atoms with Gasteiger partial charge in [-0.25, -0.2) is 0 Å². The molecule has 2 unspecified atom stereocenters. The van der Waals surface area contributed by atoms with Crippen LogP contribution in [0, 0.1) is 0 Å². The van der Waals surface area contributed by atoms with E-state index in [1.54, 1.807) is 6.26 Å². The van der Waals surface area contributed by atoms with Crippen molar-refractivity contribution in [1.29, 1.82) is 0 Å². The van der Waals surface area contributed by atoms with Crippen molar-refractivity contribution in [3.8, 4) is 0 Å². The van der Waals surface area contributed by atoms with E-state index in [-0.39, 0.29) is 5.25 Å². The fourth-order valence-electron chi connectivity index (χ4n) is 1.60. The van der Waals surface area contributed by atoms with Crippen molar-refractivity contribution < 1.29 is 4.21 Å². The minimum Gasteiger partial charge on any atom is -0.311 e. The first-order valence-electron chi connectivity index (χ1n) is 6.09. The second-order valence-corrected chi connectivity index (χ2v) is 6.18. The number of hydrogen-bond acceptors (Lipinski definition) is 3. The molecule has 17 heavy (non-hydrogen) atoms. The number of nitrogens with one attached hydrogen (secondary N) is 1. The quantitative estimate of drug-likeness (QED) is 0.747. The largest absolute Gasteiger partial charge is 0.311 e. The normalized spacial score (nSPS) is 14.8. The molecule has 0 aliphatic carbocycles. The van der Waals surface area contributed by atoms with Crippen LogP contribution in [-0.4, -0.2) is 32.0 Å². The van der Waals surface area contributed by atoms with Crippen molar-refractivity contribution in [3.63, 3.8) is 0 Å². The molecule has 98 valence electrons. The molecule has 0 amide bonds. The highest BCUT2D eigenvalue weighted by molar-refractivity contribution is 7.84. The van der Waals surface area contributed by atoms with Crippen LogP contribution in [0.1, 0.15) is 31.7 Å².